The molecule has 0 aliphatic carbocycles. The fraction of sp³-hybridized carbons (Fsp3) is 0.333. The molecule has 0 aliphatic rings. The molecule has 0 radical (unpaired) electrons. The Morgan fingerprint density at radius 3 is 2.50 bits per heavy atom. The van der Waals surface area contributed by atoms with Crippen molar-refractivity contribution in [3.63, 3.8) is 0 Å². The van der Waals surface area contributed by atoms with Crippen LogP contribution < -0.4 is 10.6 Å². The molecule has 0 aliphatic heterocycles. The Hall–Kier alpha value is -2.14. The predicted octanol–water partition coefficient (Wildman–Crippen LogP) is 2.15. The molecule has 0 spiro atoms. The fourth-order valence-corrected chi connectivity index (χ4v) is 2.04. The summed E-state index contributed by atoms with van der Waals surface area (Å²) >= 11 is 0. The standard InChI is InChI=1S/C15H20N4O/c1-11-9-13(18-14(16-3)17-11)19-15(2,10-20)12-7-5-4-6-8-12/h4-9,20H,10H2,1-3H3,(H2,16,17,18,19). The summed E-state index contributed by atoms with van der Waals surface area (Å²) in [7, 11) is 1.78. The van der Waals surface area contributed by atoms with E-state index in [2.05, 4.69) is 20.6 Å². The molecule has 1 aromatic carbocycles. The average Bonchev–Trinajstić information content (AvgIpc) is 2.47. The highest BCUT2D eigenvalue weighted by atomic mass is 16.3. The Labute approximate surface area is 119 Å². The first-order chi connectivity index (χ1) is 9.57. The third-order valence-corrected chi connectivity index (χ3v) is 3.21. The molecule has 0 saturated heterocycles. The van der Waals surface area contributed by atoms with Crippen molar-refractivity contribution in [3.8, 4) is 0 Å². The van der Waals surface area contributed by atoms with E-state index in [0.717, 1.165) is 11.3 Å². The fourth-order valence-electron chi connectivity index (χ4n) is 2.04. The minimum absolute atomic E-state index is 0.0328. The van der Waals surface area contributed by atoms with Crippen molar-refractivity contribution in [2.75, 3.05) is 24.3 Å². The number of aliphatic hydroxyl groups is 1. The summed E-state index contributed by atoms with van der Waals surface area (Å²) in [5.74, 6) is 1.24. The van der Waals surface area contributed by atoms with E-state index in [4.69, 9.17) is 0 Å². The molecule has 0 bridgehead atoms. The second-order valence-corrected chi connectivity index (χ2v) is 4.95. The summed E-state index contributed by atoms with van der Waals surface area (Å²) in [5, 5.41) is 16.0. The van der Waals surface area contributed by atoms with Crippen LogP contribution in [0.25, 0.3) is 0 Å². The number of rotatable bonds is 5. The van der Waals surface area contributed by atoms with Gasteiger partial charge in [0.05, 0.1) is 12.1 Å². The van der Waals surface area contributed by atoms with E-state index in [1.54, 1.807) is 7.05 Å². The first kappa shape index (κ1) is 14.3. The van der Waals surface area contributed by atoms with Crippen LogP contribution in [0.2, 0.25) is 0 Å². The molecule has 5 heteroatoms. The van der Waals surface area contributed by atoms with Gasteiger partial charge in [-0.15, -0.1) is 0 Å². The first-order valence-electron chi connectivity index (χ1n) is 6.55. The van der Waals surface area contributed by atoms with E-state index in [9.17, 15) is 5.11 Å². The summed E-state index contributed by atoms with van der Waals surface area (Å²) in [6, 6.07) is 11.7. The molecule has 0 amide bonds. The van der Waals surface area contributed by atoms with Gasteiger partial charge in [-0.1, -0.05) is 30.3 Å². The van der Waals surface area contributed by atoms with Gasteiger partial charge in [-0.2, -0.15) is 4.98 Å². The zero-order valence-electron chi connectivity index (χ0n) is 12.0. The van der Waals surface area contributed by atoms with Crippen LogP contribution in [0.15, 0.2) is 36.4 Å². The highest BCUT2D eigenvalue weighted by Gasteiger charge is 2.26. The smallest absolute Gasteiger partial charge is 0.224 e. The number of aromatic nitrogens is 2. The molecule has 3 N–H and O–H groups in total. The summed E-state index contributed by atoms with van der Waals surface area (Å²) in [6.07, 6.45) is 0. The quantitative estimate of drug-likeness (QED) is 0.778. The maximum Gasteiger partial charge on any atom is 0.224 e. The number of nitrogens with one attached hydrogen (secondary N) is 2. The molecule has 1 atom stereocenters. The van der Waals surface area contributed by atoms with E-state index in [0.29, 0.717) is 11.8 Å². The number of hydrogen-bond acceptors (Lipinski definition) is 5. The lowest BCUT2D eigenvalue weighted by Gasteiger charge is -2.30. The molecular weight excluding hydrogens is 252 g/mol. The molecule has 1 aromatic heterocycles. The van der Waals surface area contributed by atoms with E-state index in [-0.39, 0.29) is 6.61 Å². The van der Waals surface area contributed by atoms with E-state index >= 15 is 0 Å². The van der Waals surface area contributed by atoms with Crippen LogP contribution in [-0.2, 0) is 5.54 Å². The van der Waals surface area contributed by atoms with Gasteiger partial charge >= 0.3 is 0 Å². The lowest BCUT2D eigenvalue weighted by molar-refractivity contribution is 0.223. The molecule has 5 nitrogen and oxygen atoms in total. The van der Waals surface area contributed by atoms with Gasteiger partial charge in [-0.25, -0.2) is 4.98 Å². The maximum atomic E-state index is 9.77. The number of hydrogen-bond donors (Lipinski definition) is 3. The lowest BCUT2D eigenvalue weighted by Crippen LogP contribution is -2.36. The van der Waals surface area contributed by atoms with Crippen LogP contribution in [0.1, 0.15) is 18.2 Å². The molecule has 2 aromatic rings. The summed E-state index contributed by atoms with van der Waals surface area (Å²) < 4.78 is 0. The van der Waals surface area contributed by atoms with Gasteiger partial charge in [0.2, 0.25) is 5.95 Å². The number of nitrogens with zero attached hydrogens (tertiary/aromatic N) is 2. The van der Waals surface area contributed by atoms with Crippen LogP contribution >= 0.6 is 0 Å². The van der Waals surface area contributed by atoms with E-state index in [1.165, 1.54) is 0 Å². The zero-order valence-corrected chi connectivity index (χ0v) is 12.0. The van der Waals surface area contributed by atoms with Crippen LogP contribution in [-0.4, -0.2) is 28.7 Å². The van der Waals surface area contributed by atoms with Crippen LogP contribution in [0.5, 0.6) is 0 Å². The van der Waals surface area contributed by atoms with Crippen molar-refractivity contribution in [1.82, 2.24) is 9.97 Å². The SMILES string of the molecule is CNc1nc(C)cc(NC(C)(CO)c2ccccc2)n1. The molecule has 20 heavy (non-hydrogen) atoms. The summed E-state index contributed by atoms with van der Waals surface area (Å²) in [5.41, 5.74) is 1.28. The molecular formula is C15H20N4O. The van der Waals surface area contributed by atoms with E-state index in [1.807, 2.05) is 50.2 Å². The van der Waals surface area contributed by atoms with Gasteiger partial charge in [0.15, 0.2) is 0 Å². The van der Waals surface area contributed by atoms with Crippen LogP contribution in [0, 0.1) is 6.92 Å². The van der Waals surface area contributed by atoms with Gasteiger partial charge in [-0.3, -0.25) is 0 Å². The Morgan fingerprint density at radius 1 is 1.20 bits per heavy atom. The van der Waals surface area contributed by atoms with Crippen molar-refractivity contribution in [1.29, 1.82) is 0 Å². The Bertz CT molecular complexity index is 573. The van der Waals surface area contributed by atoms with Crippen molar-refractivity contribution < 1.29 is 5.11 Å². The van der Waals surface area contributed by atoms with Crippen LogP contribution in [0.3, 0.4) is 0 Å². The van der Waals surface area contributed by atoms with Crippen molar-refractivity contribution in [2.45, 2.75) is 19.4 Å². The molecule has 2 rings (SSSR count). The van der Waals surface area contributed by atoms with E-state index < -0.39 is 5.54 Å². The Balaban J connectivity index is 2.33. The van der Waals surface area contributed by atoms with Gasteiger partial charge in [0.1, 0.15) is 5.82 Å². The van der Waals surface area contributed by atoms with Crippen molar-refractivity contribution >= 4 is 11.8 Å². The predicted molar refractivity (Wildman–Crippen MR) is 80.8 cm³/mol. The zero-order chi connectivity index (χ0) is 14.6. The van der Waals surface area contributed by atoms with Gasteiger partial charge in [-0.05, 0) is 19.4 Å². The number of anilines is 2. The minimum atomic E-state index is -0.590. The van der Waals surface area contributed by atoms with Gasteiger partial charge in [0.25, 0.3) is 0 Å². The third-order valence-electron chi connectivity index (χ3n) is 3.21. The molecule has 106 valence electrons. The summed E-state index contributed by atoms with van der Waals surface area (Å²) in [4.78, 5) is 8.62. The largest absolute Gasteiger partial charge is 0.394 e. The molecule has 0 saturated carbocycles. The number of benzene rings is 1. The van der Waals surface area contributed by atoms with Gasteiger partial charge in [0, 0.05) is 18.8 Å². The molecule has 1 unspecified atom stereocenters. The molecule has 1 heterocycles. The first-order valence-corrected chi connectivity index (χ1v) is 6.55. The van der Waals surface area contributed by atoms with Crippen molar-refractivity contribution in [2.24, 2.45) is 0 Å². The van der Waals surface area contributed by atoms with Crippen molar-refractivity contribution in [3.05, 3.63) is 47.7 Å². The van der Waals surface area contributed by atoms with Gasteiger partial charge < -0.3 is 15.7 Å². The highest BCUT2D eigenvalue weighted by Crippen LogP contribution is 2.25. The normalized spacial score (nSPS) is 13.6. The highest BCUT2D eigenvalue weighted by molar-refractivity contribution is 5.46. The van der Waals surface area contributed by atoms with Crippen LogP contribution in [0.4, 0.5) is 11.8 Å². The lowest BCUT2D eigenvalue weighted by atomic mass is 9.93. The monoisotopic (exact) mass is 272 g/mol. The second-order valence-electron chi connectivity index (χ2n) is 4.95. The maximum absolute atomic E-state index is 9.77. The minimum Gasteiger partial charge on any atom is -0.394 e. The Morgan fingerprint density at radius 2 is 1.90 bits per heavy atom. The topological polar surface area (TPSA) is 70.1 Å². The number of aryl methyl sites for hydroxylation is 1. The second kappa shape index (κ2) is 5.88. The summed E-state index contributed by atoms with van der Waals surface area (Å²) in [6.45, 7) is 3.82. The molecule has 0 fully saturated rings. The number of aliphatic hydroxyl groups excluding tert-OH is 1. The Kier molecular flexibility index (Phi) is 4.20. The average molecular weight is 272 g/mol. The third kappa shape index (κ3) is 3.05.